The molecule has 10 heteroatoms. The van der Waals surface area contributed by atoms with Gasteiger partial charge < -0.3 is 9.64 Å². The molecule has 1 saturated heterocycles. The molecule has 2 aromatic carbocycles. The molecule has 0 N–H and O–H groups in total. The molecule has 1 fully saturated rings. The van der Waals surface area contributed by atoms with Crippen LogP contribution in [0.2, 0.25) is 0 Å². The molecule has 0 saturated carbocycles. The van der Waals surface area contributed by atoms with Crippen LogP contribution < -0.4 is 4.90 Å². The van der Waals surface area contributed by atoms with Gasteiger partial charge in [-0.3, -0.25) is 25.1 Å². The van der Waals surface area contributed by atoms with Crippen LogP contribution in [0.4, 0.5) is 17.1 Å². The molecule has 0 spiro atoms. The van der Waals surface area contributed by atoms with E-state index >= 15 is 0 Å². The lowest BCUT2D eigenvalue weighted by molar-refractivity contribution is -0.393. The Kier molecular flexibility index (Phi) is 6.03. The van der Waals surface area contributed by atoms with Gasteiger partial charge in [0.05, 0.1) is 28.6 Å². The Morgan fingerprint density at radius 3 is 2.24 bits per heavy atom. The summed E-state index contributed by atoms with van der Waals surface area (Å²) in [6, 6.07) is 11.9. The van der Waals surface area contributed by atoms with Crippen molar-refractivity contribution in [3.05, 3.63) is 73.8 Å². The zero-order valence-electron chi connectivity index (χ0n) is 15.8. The average molecular weight is 400 g/mol. The fraction of sp³-hybridized carbons (Fsp3) is 0.316. The van der Waals surface area contributed by atoms with Crippen molar-refractivity contribution in [2.24, 2.45) is 0 Å². The van der Waals surface area contributed by atoms with Crippen LogP contribution in [-0.2, 0) is 11.3 Å². The van der Waals surface area contributed by atoms with Gasteiger partial charge in [0.15, 0.2) is 0 Å². The van der Waals surface area contributed by atoms with Gasteiger partial charge in [-0.05, 0) is 5.56 Å². The maximum atomic E-state index is 12.2. The summed E-state index contributed by atoms with van der Waals surface area (Å²) in [6.45, 7) is 2.89. The summed E-state index contributed by atoms with van der Waals surface area (Å²) in [5, 5.41) is 22.8. The molecule has 0 atom stereocenters. The van der Waals surface area contributed by atoms with Gasteiger partial charge >= 0.3 is 5.97 Å². The van der Waals surface area contributed by atoms with E-state index in [4.69, 9.17) is 4.74 Å². The Bertz CT molecular complexity index is 926. The zero-order chi connectivity index (χ0) is 21.0. The lowest BCUT2D eigenvalue weighted by Crippen LogP contribution is -2.46. The second kappa shape index (κ2) is 8.65. The van der Waals surface area contributed by atoms with Crippen LogP contribution in [0.15, 0.2) is 42.5 Å². The number of carbonyl (C=O) groups excluding carboxylic acids is 1. The van der Waals surface area contributed by atoms with E-state index in [0.717, 1.165) is 31.4 Å². The number of nitro benzene ring substituents is 2. The van der Waals surface area contributed by atoms with Crippen molar-refractivity contribution < 1.29 is 19.4 Å². The molecule has 0 bridgehead atoms. The molecule has 29 heavy (non-hydrogen) atoms. The van der Waals surface area contributed by atoms with Crippen LogP contribution >= 0.6 is 0 Å². The SMILES string of the molecule is COC(=O)c1cc([N+](=O)[O-])cc([N+](=O)[O-])c1N1CCN(Cc2ccccc2)CC1. The summed E-state index contributed by atoms with van der Waals surface area (Å²) in [7, 11) is 1.13. The van der Waals surface area contributed by atoms with Crippen LogP contribution in [0.1, 0.15) is 15.9 Å². The first-order chi connectivity index (χ1) is 13.9. The van der Waals surface area contributed by atoms with Gasteiger partial charge in [0.1, 0.15) is 5.69 Å². The number of non-ortho nitro benzene ring substituents is 1. The summed E-state index contributed by atoms with van der Waals surface area (Å²) in [6.07, 6.45) is 0. The van der Waals surface area contributed by atoms with Crippen molar-refractivity contribution in [3.63, 3.8) is 0 Å². The maximum Gasteiger partial charge on any atom is 0.340 e. The maximum absolute atomic E-state index is 12.2. The van der Waals surface area contributed by atoms with Gasteiger partial charge in [0.25, 0.3) is 11.4 Å². The number of anilines is 1. The number of methoxy groups -OCH3 is 1. The number of nitro groups is 2. The third kappa shape index (κ3) is 4.49. The van der Waals surface area contributed by atoms with E-state index in [0.29, 0.717) is 26.2 Å². The molecule has 0 amide bonds. The zero-order valence-corrected chi connectivity index (χ0v) is 15.8. The summed E-state index contributed by atoms with van der Waals surface area (Å²) >= 11 is 0. The van der Waals surface area contributed by atoms with Crippen molar-refractivity contribution >= 4 is 23.0 Å². The predicted molar refractivity (Wildman–Crippen MR) is 105 cm³/mol. The van der Waals surface area contributed by atoms with E-state index < -0.39 is 27.2 Å². The summed E-state index contributed by atoms with van der Waals surface area (Å²) in [4.78, 5) is 37.4. The van der Waals surface area contributed by atoms with Crippen molar-refractivity contribution in [2.75, 3.05) is 38.2 Å². The van der Waals surface area contributed by atoms with Crippen molar-refractivity contribution in [1.82, 2.24) is 4.90 Å². The molecule has 2 aromatic rings. The Balaban J connectivity index is 1.88. The van der Waals surface area contributed by atoms with E-state index in [2.05, 4.69) is 4.90 Å². The number of hydrogen-bond acceptors (Lipinski definition) is 8. The predicted octanol–water partition coefficient (Wildman–Crippen LogP) is 2.61. The summed E-state index contributed by atoms with van der Waals surface area (Å²) in [5.74, 6) is -0.849. The van der Waals surface area contributed by atoms with Crippen LogP contribution in [0.3, 0.4) is 0 Å². The highest BCUT2D eigenvalue weighted by molar-refractivity contribution is 5.99. The first-order valence-corrected chi connectivity index (χ1v) is 8.97. The lowest BCUT2D eigenvalue weighted by Gasteiger charge is -2.36. The van der Waals surface area contributed by atoms with Gasteiger partial charge in [-0.25, -0.2) is 4.79 Å². The molecule has 1 aliphatic heterocycles. The molecular formula is C19H20N4O6. The molecule has 0 aliphatic carbocycles. The number of carbonyl (C=O) groups is 1. The molecule has 0 radical (unpaired) electrons. The van der Waals surface area contributed by atoms with Crippen LogP contribution in [0, 0.1) is 20.2 Å². The van der Waals surface area contributed by atoms with Crippen molar-refractivity contribution in [2.45, 2.75) is 6.54 Å². The Labute approximate surface area is 166 Å². The highest BCUT2D eigenvalue weighted by atomic mass is 16.6. The van der Waals surface area contributed by atoms with Gasteiger partial charge in [0.2, 0.25) is 0 Å². The minimum Gasteiger partial charge on any atom is -0.465 e. The van der Waals surface area contributed by atoms with E-state index in [9.17, 15) is 25.0 Å². The molecule has 0 aromatic heterocycles. The van der Waals surface area contributed by atoms with Crippen molar-refractivity contribution in [1.29, 1.82) is 0 Å². The number of benzene rings is 2. The Morgan fingerprint density at radius 1 is 1.03 bits per heavy atom. The molecule has 3 rings (SSSR count). The summed E-state index contributed by atoms with van der Waals surface area (Å²) < 4.78 is 4.72. The topological polar surface area (TPSA) is 119 Å². The molecule has 10 nitrogen and oxygen atoms in total. The monoisotopic (exact) mass is 400 g/mol. The smallest absolute Gasteiger partial charge is 0.340 e. The van der Waals surface area contributed by atoms with Gasteiger partial charge in [-0.1, -0.05) is 30.3 Å². The van der Waals surface area contributed by atoms with Crippen molar-refractivity contribution in [3.8, 4) is 0 Å². The van der Waals surface area contributed by atoms with Gasteiger partial charge in [0, 0.05) is 38.8 Å². The minimum absolute atomic E-state index is 0.0619. The number of esters is 1. The highest BCUT2D eigenvalue weighted by Crippen LogP contribution is 2.37. The number of rotatable bonds is 6. The molecule has 152 valence electrons. The second-order valence-corrected chi connectivity index (χ2v) is 6.62. The number of ether oxygens (including phenoxy) is 1. The van der Waals surface area contributed by atoms with E-state index in [1.165, 1.54) is 0 Å². The molecule has 0 unspecified atom stereocenters. The first-order valence-electron chi connectivity index (χ1n) is 8.97. The van der Waals surface area contributed by atoms with Gasteiger partial charge in [-0.2, -0.15) is 0 Å². The second-order valence-electron chi connectivity index (χ2n) is 6.62. The fourth-order valence-electron chi connectivity index (χ4n) is 3.42. The fourth-order valence-corrected chi connectivity index (χ4v) is 3.42. The van der Waals surface area contributed by atoms with E-state index in [1.54, 1.807) is 4.90 Å². The quantitative estimate of drug-likeness (QED) is 0.412. The standard InChI is InChI=1S/C19H20N4O6/c1-29-19(24)16-11-15(22(25)26)12-17(23(27)28)18(16)21-9-7-20(8-10-21)13-14-5-3-2-4-6-14/h2-6,11-12H,7-10,13H2,1H3. The number of nitrogens with zero attached hydrogens (tertiary/aromatic N) is 4. The number of hydrogen-bond donors (Lipinski definition) is 0. The number of piperazine rings is 1. The third-order valence-electron chi connectivity index (χ3n) is 4.82. The average Bonchev–Trinajstić information content (AvgIpc) is 2.73. The normalized spacial score (nSPS) is 14.4. The van der Waals surface area contributed by atoms with E-state index in [-0.39, 0.29) is 11.3 Å². The van der Waals surface area contributed by atoms with Crippen LogP contribution in [0.5, 0.6) is 0 Å². The summed E-state index contributed by atoms with van der Waals surface area (Å²) in [5.41, 5.74) is 0.0499. The van der Waals surface area contributed by atoms with Gasteiger partial charge in [-0.15, -0.1) is 0 Å². The van der Waals surface area contributed by atoms with Crippen LogP contribution in [0.25, 0.3) is 0 Å². The largest absolute Gasteiger partial charge is 0.465 e. The van der Waals surface area contributed by atoms with Crippen LogP contribution in [-0.4, -0.2) is 54.0 Å². The Morgan fingerprint density at radius 2 is 1.69 bits per heavy atom. The minimum atomic E-state index is -0.849. The third-order valence-corrected chi connectivity index (χ3v) is 4.82. The molecule has 1 aliphatic rings. The molecule has 1 heterocycles. The lowest BCUT2D eigenvalue weighted by atomic mass is 10.1. The first kappa shape index (κ1) is 20.2. The Hall–Kier alpha value is -3.53. The van der Waals surface area contributed by atoms with E-state index in [1.807, 2.05) is 30.3 Å². The highest BCUT2D eigenvalue weighted by Gasteiger charge is 2.32. The molecular weight excluding hydrogens is 380 g/mol.